The van der Waals surface area contributed by atoms with E-state index in [4.69, 9.17) is 0 Å². The summed E-state index contributed by atoms with van der Waals surface area (Å²) in [5, 5.41) is 0. The van der Waals surface area contributed by atoms with Crippen molar-refractivity contribution < 1.29 is 8.78 Å². The van der Waals surface area contributed by atoms with Gasteiger partial charge in [-0.2, -0.15) is 0 Å². The van der Waals surface area contributed by atoms with Crippen LogP contribution in [0.1, 0.15) is 13.3 Å². The Balaban J connectivity index is 3.72. The zero-order valence-corrected chi connectivity index (χ0v) is 4.17. The van der Waals surface area contributed by atoms with Crippen LogP contribution in [0.25, 0.3) is 0 Å². The minimum atomic E-state index is -0.769. The number of hydrogen-bond donors (Lipinski definition) is 0. The first kappa shape index (κ1) is 6.60. The summed E-state index contributed by atoms with van der Waals surface area (Å²) in [5.41, 5.74) is 0. The fourth-order valence-corrected chi connectivity index (χ4v) is 0.172. The Morgan fingerprint density at radius 2 is 2.00 bits per heavy atom. The van der Waals surface area contributed by atoms with E-state index in [1.165, 1.54) is 0 Å². The van der Waals surface area contributed by atoms with Crippen LogP contribution in [0.5, 0.6) is 0 Å². The van der Waals surface area contributed by atoms with Crippen molar-refractivity contribution in [3.05, 3.63) is 18.6 Å². The molecule has 7 heavy (non-hydrogen) atoms. The van der Waals surface area contributed by atoms with Crippen LogP contribution >= 0.6 is 0 Å². The molecule has 0 bridgehead atoms. The molecule has 2 heteroatoms. The first-order valence-electron chi connectivity index (χ1n) is 1.98. The summed E-state index contributed by atoms with van der Waals surface area (Å²) < 4.78 is 23.3. The van der Waals surface area contributed by atoms with E-state index in [2.05, 4.69) is 6.92 Å². The monoisotopic (exact) mass is 105 g/mol. The van der Waals surface area contributed by atoms with Gasteiger partial charge in [0.2, 0.25) is 0 Å². The average Bonchev–Trinajstić information content (AvgIpc) is 1.65. The Labute approximate surface area is 41.8 Å². The first-order valence-corrected chi connectivity index (χ1v) is 1.98. The Morgan fingerprint density at radius 3 is 2.00 bits per heavy atom. The zero-order valence-electron chi connectivity index (χ0n) is 4.17. The normalized spacial score (nSPS) is 13.7. The summed E-state index contributed by atoms with van der Waals surface area (Å²) in [7, 11) is 0. The van der Waals surface area contributed by atoms with Gasteiger partial charge in [-0.1, -0.05) is 0 Å². The maximum Gasteiger partial charge on any atom is 0.131 e. The van der Waals surface area contributed by atoms with Gasteiger partial charge in [0.25, 0.3) is 0 Å². The molecule has 0 unspecified atom stereocenters. The third-order valence-corrected chi connectivity index (χ3v) is 0.593. The largest absolute Gasteiger partial charge is 0.209 e. The third-order valence-electron chi connectivity index (χ3n) is 0.593. The summed E-state index contributed by atoms with van der Waals surface area (Å²) in [6.45, 7) is 4.20. The van der Waals surface area contributed by atoms with Crippen molar-refractivity contribution in [2.75, 3.05) is 0 Å². The number of hydrogen-bond acceptors (Lipinski definition) is 0. The number of rotatable bonds is 1. The minimum absolute atomic E-state index is 0.0949. The number of halogens is 2. The van der Waals surface area contributed by atoms with E-state index < -0.39 is 11.7 Å². The van der Waals surface area contributed by atoms with Crippen molar-refractivity contribution >= 4 is 0 Å². The summed E-state index contributed by atoms with van der Waals surface area (Å²) in [6.07, 6.45) is -0.0949. The molecule has 0 amide bonds. The molecular formula is C5H7F2. The molecule has 0 aromatic rings. The molecule has 0 nitrogen and oxygen atoms in total. The van der Waals surface area contributed by atoms with Gasteiger partial charge in [0.1, 0.15) is 11.7 Å². The van der Waals surface area contributed by atoms with Gasteiger partial charge >= 0.3 is 0 Å². The van der Waals surface area contributed by atoms with Gasteiger partial charge in [-0.25, -0.2) is 8.78 Å². The Bertz CT molecular complexity index is 80.1. The minimum Gasteiger partial charge on any atom is -0.209 e. The van der Waals surface area contributed by atoms with Gasteiger partial charge in [0.15, 0.2) is 0 Å². The molecule has 0 rings (SSSR count). The van der Waals surface area contributed by atoms with Crippen LogP contribution in [0.2, 0.25) is 0 Å². The molecule has 41 valence electrons. The second-order valence-corrected chi connectivity index (χ2v) is 1.19. The second kappa shape index (κ2) is 2.72. The maximum atomic E-state index is 11.7. The topological polar surface area (TPSA) is 0 Å². The molecule has 0 aromatic heterocycles. The molecule has 0 heterocycles. The molecule has 0 aromatic carbocycles. The van der Waals surface area contributed by atoms with E-state index in [0.717, 1.165) is 6.92 Å². The van der Waals surface area contributed by atoms with Crippen molar-refractivity contribution in [2.45, 2.75) is 13.3 Å². The average molecular weight is 105 g/mol. The zero-order chi connectivity index (χ0) is 5.86. The summed E-state index contributed by atoms with van der Waals surface area (Å²) >= 11 is 0. The van der Waals surface area contributed by atoms with Crippen molar-refractivity contribution in [3.8, 4) is 0 Å². The van der Waals surface area contributed by atoms with Gasteiger partial charge in [-0.3, -0.25) is 0 Å². The van der Waals surface area contributed by atoms with Crippen LogP contribution in [0.3, 0.4) is 0 Å². The molecule has 0 fully saturated rings. The van der Waals surface area contributed by atoms with E-state index in [9.17, 15) is 8.78 Å². The fraction of sp³-hybridized carbons (Fsp3) is 0.400. The predicted octanol–water partition coefficient (Wildman–Crippen LogP) is 2.38. The molecular weight excluding hydrogens is 98.1 g/mol. The van der Waals surface area contributed by atoms with Crippen LogP contribution in [0.4, 0.5) is 8.78 Å². The molecule has 0 aliphatic rings. The van der Waals surface area contributed by atoms with Crippen molar-refractivity contribution in [1.29, 1.82) is 0 Å². The lowest BCUT2D eigenvalue weighted by atomic mass is 10.4. The van der Waals surface area contributed by atoms with Gasteiger partial charge in [0.05, 0.1) is 0 Å². The van der Waals surface area contributed by atoms with Gasteiger partial charge < -0.3 is 0 Å². The maximum absolute atomic E-state index is 11.7. The quantitative estimate of drug-likeness (QED) is 0.480. The highest BCUT2D eigenvalue weighted by atomic mass is 19.2. The summed E-state index contributed by atoms with van der Waals surface area (Å²) in [4.78, 5) is 0. The predicted molar refractivity (Wildman–Crippen MR) is 24.9 cm³/mol. The molecule has 0 saturated heterocycles. The highest BCUT2D eigenvalue weighted by Gasteiger charge is 1.93. The molecule has 0 aliphatic carbocycles. The highest BCUT2D eigenvalue weighted by Crippen LogP contribution is 2.08. The fourth-order valence-electron chi connectivity index (χ4n) is 0.172. The molecule has 1 radical (unpaired) electrons. The Kier molecular flexibility index (Phi) is 2.56. The van der Waals surface area contributed by atoms with Crippen LogP contribution in [-0.2, 0) is 0 Å². The Hall–Kier alpha value is -0.400. The molecule has 0 N–H and O–H groups in total. The van der Waals surface area contributed by atoms with Crippen LogP contribution in [-0.4, -0.2) is 0 Å². The van der Waals surface area contributed by atoms with E-state index >= 15 is 0 Å². The van der Waals surface area contributed by atoms with E-state index in [1.807, 2.05) is 0 Å². The molecule has 0 aliphatic heterocycles. The lowest BCUT2D eigenvalue weighted by Gasteiger charge is -1.85. The Morgan fingerprint density at radius 1 is 1.57 bits per heavy atom. The van der Waals surface area contributed by atoms with Crippen molar-refractivity contribution in [1.82, 2.24) is 0 Å². The molecule has 0 spiro atoms. The lowest BCUT2D eigenvalue weighted by molar-refractivity contribution is 0.525. The van der Waals surface area contributed by atoms with Gasteiger partial charge in [-0.15, -0.1) is 0 Å². The number of allylic oxidation sites excluding steroid dienone is 2. The highest BCUT2D eigenvalue weighted by molar-refractivity contribution is 4.96. The molecule has 0 atom stereocenters. The summed E-state index contributed by atoms with van der Waals surface area (Å²) in [5.74, 6) is -1.53. The van der Waals surface area contributed by atoms with Crippen molar-refractivity contribution in [3.63, 3.8) is 0 Å². The standard InChI is InChI=1S/C5H7F2/c1-3-5(7)4(2)6/h1,3H2,2H3/b5-4+. The smallest absolute Gasteiger partial charge is 0.131 e. The SMILES string of the molecule is [CH2]C/C(F)=C(/C)F. The lowest BCUT2D eigenvalue weighted by Crippen LogP contribution is -1.70. The van der Waals surface area contributed by atoms with Crippen LogP contribution in [0.15, 0.2) is 11.7 Å². The van der Waals surface area contributed by atoms with Gasteiger partial charge in [-0.05, 0) is 13.8 Å². The first-order chi connectivity index (χ1) is 3.18. The van der Waals surface area contributed by atoms with Crippen molar-refractivity contribution in [2.24, 2.45) is 0 Å². The third kappa shape index (κ3) is 2.31. The summed E-state index contributed by atoms with van der Waals surface area (Å²) in [6, 6.07) is 0. The van der Waals surface area contributed by atoms with Crippen LogP contribution in [0, 0.1) is 6.92 Å². The molecule has 0 saturated carbocycles. The second-order valence-electron chi connectivity index (χ2n) is 1.19. The van der Waals surface area contributed by atoms with E-state index in [-0.39, 0.29) is 6.42 Å². The van der Waals surface area contributed by atoms with Crippen LogP contribution < -0.4 is 0 Å². The van der Waals surface area contributed by atoms with Gasteiger partial charge in [0, 0.05) is 6.42 Å². The van der Waals surface area contributed by atoms with E-state index in [0.29, 0.717) is 0 Å². The van der Waals surface area contributed by atoms with E-state index in [1.54, 1.807) is 0 Å².